The van der Waals surface area contributed by atoms with Gasteiger partial charge in [-0.15, -0.1) is 0 Å². The predicted molar refractivity (Wildman–Crippen MR) is 91.2 cm³/mol. The molecular formula is C18H22FN3O4. The van der Waals surface area contributed by atoms with E-state index in [0.717, 1.165) is 6.42 Å². The molecule has 2 heterocycles. The molecule has 0 spiro atoms. The summed E-state index contributed by atoms with van der Waals surface area (Å²) >= 11 is 0. The number of likely N-dealkylation sites (tertiary alicyclic amines) is 1. The lowest BCUT2D eigenvalue weighted by Crippen LogP contribution is -2.36. The van der Waals surface area contributed by atoms with E-state index in [0.29, 0.717) is 24.4 Å². The molecule has 0 N–H and O–H groups in total. The number of hydrogen-bond acceptors (Lipinski definition) is 6. The van der Waals surface area contributed by atoms with Crippen LogP contribution in [-0.2, 0) is 4.74 Å². The summed E-state index contributed by atoms with van der Waals surface area (Å²) < 4.78 is 29.8. The minimum absolute atomic E-state index is 0.0512. The van der Waals surface area contributed by atoms with Crippen LogP contribution in [0.4, 0.5) is 9.18 Å². The Morgan fingerprint density at radius 3 is 2.85 bits per heavy atom. The van der Waals surface area contributed by atoms with E-state index in [1.165, 1.54) is 13.2 Å². The third-order valence-electron chi connectivity index (χ3n) is 4.02. The van der Waals surface area contributed by atoms with Crippen LogP contribution in [0.2, 0.25) is 0 Å². The third-order valence-corrected chi connectivity index (χ3v) is 4.02. The molecule has 1 saturated heterocycles. The fourth-order valence-electron chi connectivity index (χ4n) is 2.93. The van der Waals surface area contributed by atoms with E-state index in [9.17, 15) is 9.18 Å². The zero-order chi connectivity index (χ0) is 18.9. The first-order valence-electron chi connectivity index (χ1n) is 8.46. The Morgan fingerprint density at radius 1 is 1.38 bits per heavy atom. The van der Waals surface area contributed by atoms with Gasteiger partial charge in [-0.1, -0.05) is 11.2 Å². The van der Waals surface area contributed by atoms with Crippen molar-refractivity contribution in [2.45, 2.75) is 45.3 Å². The lowest BCUT2D eigenvalue weighted by atomic mass is 10.2. The average molecular weight is 363 g/mol. The number of para-hydroxylation sites is 1. The molecule has 8 heteroatoms. The van der Waals surface area contributed by atoms with Gasteiger partial charge in [-0.25, -0.2) is 9.18 Å². The molecule has 1 aliphatic rings. The van der Waals surface area contributed by atoms with E-state index in [1.807, 2.05) is 20.8 Å². The molecule has 3 rings (SSSR count). The van der Waals surface area contributed by atoms with Crippen molar-refractivity contribution in [1.82, 2.24) is 15.0 Å². The second-order valence-electron chi connectivity index (χ2n) is 7.11. The lowest BCUT2D eigenvalue weighted by Gasteiger charge is -2.26. The van der Waals surface area contributed by atoms with Crippen molar-refractivity contribution in [3.63, 3.8) is 0 Å². The molecule has 7 nitrogen and oxygen atoms in total. The predicted octanol–water partition coefficient (Wildman–Crippen LogP) is 3.96. The zero-order valence-corrected chi connectivity index (χ0v) is 15.3. The number of halogens is 1. The summed E-state index contributed by atoms with van der Waals surface area (Å²) in [6.07, 6.45) is 1.09. The van der Waals surface area contributed by atoms with Crippen molar-refractivity contribution >= 4 is 6.09 Å². The van der Waals surface area contributed by atoms with Crippen molar-refractivity contribution in [1.29, 1.82) is 0 Å². The number of benzene rings is 1. The van der Waals surface area contributed by atoms with Crippen LogP contribution in [0.1, 0.15) is 45.5 Å². The number of methoxy groups -OCH3 is 1. The first-order valence-corrected chi connectivity index (χ1v) is 8.46. The molecule has 0 aliphatic carbocycles. The molecule has 1 aromatic carbocycles. The standard InChI is InChI=1S/C18H22FN3O4/c1-18(2,3)25-17(23)22-10-6-9-13(22)16-20-15(21-26-16)11-7-5-8-12(19)14(11)24-4/h5,7-8,13H,6,9-10H2,1-4H3. The number of nitrogens with zero attached hydrogens (tertiary/aromatic N) is 3. The molecule has 1 amide bonds. The topological polar surface area (TPSA) is 77.7 Å². The quantitative estimate of drug-likeness (QED) is 0.821. The van der Waals surface area contributed by atoms with Crippen LogP contribution in [0.3, 0.4) is 0 Å². The molecule has 1 unspecified atom stereocenters. The van der Waals surface area contributed by atoms with Gasteiger partial charge in [0.25, 0.3) is 0 Å². The van der Waals surface area contributed by atoms with Gasteiger partial charge in [-0.3, -0.25) is 4.90 Å². The van der Waals surface area contributed by atoms with Gasteiger partial charge in [0.05, 0.1) is 12.7 Å². The summed E-state index contributed by atoms with van der Waals surface area (Å²) in [4.78, 5) is 18.4. The molecule has 26 heavy (non-hydrogen) atoms. The highest BCUT2D eigenvalue weighted by Gasteiger charge is 2.36. The first kappa shape index (κ1) is 18.2. The normalized spacial score (nSPS) is 17.4. The van der Waals surface area contributed by atoms with Crippen LogP contribution < -0.4 is 4.74 Å². The summed E-state index contributed by atoms with van der Waals surface area (Å²) in [6, 6.07) is 4.14. The van der Waals surface area contributed by atoms with Crippen molar-refractivity contribution < 1.29 is 23.2 Å². The SMILES string of the molecule is COc1c(F)cccc1-c1noc(C2CCCN2C(=O)OC(C)(C)C)n1. The van der Waals surface area contributed by atoms with Crippen molar-refractivity contribution in [2.24, 2.45) is 0 Å². The van der Waals surface area contributed by atoms with E-state index >= 15 is 0 Å². The highest BCUT2D eigenvalue weighted by Crippen LogP contribution is 2.35. The van der Waals surface area contributed by atoms with Gasteiger partial charge >= 0.3 is 6.09 Å². The van der Waals surface area contributed by atoms with Gasteiger partial charge in [-0.2, -0.15) is 4.98 Å². The van der Waals surface area contributed by atoms with Crippen LogP contribution >= 0.6 is 0 Å². The van der Waals surface area contributed by atoms with Crippen LogP contribution in [-0.4, -0.2) is 40.4 Å². The molecule has 1 atom stereocenters. The number of amides is 1. The van der Waals surface area contributed by atoms with Gasteiger partial charge in [0.1, 0.15) is 11.6 Å². The molecule has 1 aromatic heterocycles. The summed E-state index contributed by atoms with van der Waals surface area (Å²) in [6.45, 7) is 6.01. The maximum atomic E-state index is 13.9. The van der Waals surface area contributed by atoms with E-state index in [-0.39, 0.29) is 17.6 Å². The van der Waals surface area contributed by atoms with Crippen LogP contribution in [0.15, 0.2) is 22.7 Å². The first-order chi connectivity index (χ1) is 12.3. The van der Waals surface area contributed by atoms with Crippen LogP contribution in [0, 0.1) is 5.82 Å². The van der Waals surface area contributed by atoms with Gasteiger partial charge < -0.3 is 14.0 Å². The summed E-state index contributed by atoms with van der Waals surface area (Å²) in [5.74, 6) is 0.0601. The van der Waals surface area contributed by atoms with Gasteiger partial charge in [0.2, 0.25) is 11.7 Å². The highest BCUT2D eigenvalue weighted by molar-refractivity contribution is 5.69. The number of aromatic nitrogens is 2. The maximum Gasteiger partial charge on any atom is 0.410 e. The largest absolute Gasteiger partial charge is 0.493 e. The molecule has 1 aliphatic heterocycles. The fourth-order valence-corrected chi connectivity index (χ4v) is 2.93. The maximum absolute atomic E-state index is 13.9. The van der Waals surface area contributed by atoms with Crippen molar-refractivity contribution in [2.75, 3.05) is 13.7 Å². The summed E-state index contributed by atoms with van der Waals surface area (Å²) in [5, 5.41) is 3.94. The Balaban J connectivity index is 1.85. The third kappa shape index (κ3) is 3.63. The molecule has 0 bridgehead atoms. The Morgan fingerprint density at radius 2 is 2.15 bits per heavy atom. The Labute approximate surface area is 151 Å². The van der Waals surface area contributed by atoms with Crippen molar-refractivity contribution in [3.8, 4) is 17.1 Å². The number of carbonyl (C=O) groups excluding carboxylic acids is 1. The number of carbonyl (C=O) groups is 1. The van der Waals surface area contributed by atoms with Gasteiger partial charge in [0.15, 0.2) is 11.6 Å². The minimum atomic E-state index is -0.584. The van der Waals surface area contributed by atoms with E-state index in [4.69, 9.17) is 14.0 Å². The monoisotopic (exact) mass is 363 g/mol. The Hall–Kier alpha value is -2.64. The van der Waals surface area contributed by atoms with E-state index in [1.54, 1.807) is 17.0 Å². The Bertz CT molecular complexity index is 800. The number of hydrogen-bond donors (Lipinski definition) is 0. The summed E-state index contributed by atoms with van der Waals surface area (Å²) in [7, 11) is 1.38. The summed E-state index contributed by atoms with van der Waals surface area (Å²) in [5.41, 5.74) is -0.191. The average Bonchev–Trinajstić information content (AvgIpc) is 3.22. The second-order valence-corrected chi connectivity index (χ2v) is 7.11. The van der Waals surface area contributed by atoms with Crippen molar-refractivity contribution in [3.05, 3.63) is 29.9 Å². The van der Waals surface area contributed by atoms with E-state index < -0.39 is 17.5 Å². The molecule has 0 radical (unpaired) electrons. The lowest BCUT2D eigenvalue weighted by molar-refractivity contribution is 0.0199. The van der Waals surface area contributed by atoms with E-state index in [2.05, 4.69) is 10.1 Å². The van der Waals surface area contributed by atoms with Gasteiger partial charge in [0, 0.05) is 6.54 Å². The smallest absolute Gasteiger partial charge is 0.410 e. The molecule has 2 aromatic rings. The molecular weight excluding hydrogens is 341 g/mol. The zero-order valence-electron chi connectivity index (χ0n) is 15.3. The molecule has 0 saturated carbocycles. The highest BCUT2D eigenvalue weighted by atomic mass is 19.1. The number of rotatable bonds is 3. The van der Waals surface area contributed by atoms with Crippen LogP contribution in [0.25, 0.3) is 11.4 Å². The molecule has 1 fully saturated rings. The van der Waals surface area contributed by atoms with Gasteiger partial charge in [-0.05, 0) is 45.7 Å². The number of ether oxygens (including phenoxy) is 2. The second kappa shape index (κ2) is 6.93. The Kier molecular flexibility index (Phi) is 4.84. The van der Waals surface area contributed by atoms with Crippen LogP contribution in [0.5, 0.6) is 5.75 Å². The fraction of sp³-hybridized carbons (Fsp3) is 0.500. The molecule has 140 valence electrons. The minimum Gasteiger partial charge on any atom is -0.493 e.